The zero-order valence-corrected chi connectivity index (χ0v) is 17.1. The molecule has 1 N–H and O–H groups in total. The molecule has 28 heavy (non-hydrogen) atoms. The van der Waals surface area contributed by atoms with Gasteiger partial charge in [-0.25, -0.2) is 0 Å². The SMILES string of the molecule is CCOc1cc2occ(-c3ccc(C)cc3)c2cc1/C(C)=C/C(=O)NC(C)C. The zero-order valence-electron chi connectivity index (χ0n) is 17.1. The number of benzene rings is 2. The van der Waals surface area contributed by atoms with Crippen molar-refractivity contribution in [2.24, 2.45) is 0 Å². The summed E-state index contributed by atoms with van der Waals surface area (Å²) in [6.07, 6.45) is 3.40. The van der Waals surface area contributed by atoms with Gasteiger partial charge >= 0.3 is 0 Å². The summed E-state index contributed by atoms with van der Waals surface area (Å²) in [5.41, 5.74) is 5.84. The summed E-state index contributed by atoms with van der Waals surface area (Å²) in [4.78, 5) is 12.2. The molecule has 0 aliphatic carbocycles. The van der Waals surface area contributed by atoms with E-state index < -0.39 is 0 Å². The minimum atomic E-state index is -0.110. The first-order valence-electron chi connectivity index (χ1n) is 9.63. The summed E-state index contributed by atoms with van der Waals surface area (Å²) in [5, 5.41) is 3.89. The molecule has 0 aliphatic rings. The first-order chi connectivity index (χ1) is 13.4. The molecule has 4 heteroatoms. The average molecular weight is 377 g/mol. The second-order valence-electron chi connectivity index (χ2n) is 7.28. The number of fused-ring (bicyclic) bond motifs is 1. The van der Waals surface area contributed by atoms with Crippen LogP contribution in [0.15, 0.2) is 53.2 Å². The van der Waals surface area contributed by atoms with Gasteiger partial charge in [-0.15, -0.1) is 0 Å². The molecule has 0 atom stereocenters. The lowest BCUT2D eigenvalue weighted by molar-refractivity contribution is -0.116. The van der Waals surface area contributed by atoms with Crippen LogP contribution in [0.4, 0.5) is 0 Å². The second-order valence-corrected chi connectivity index (χ2v) is 7.28. The number of carbonyl (C=O) groups is 1. The molecular formula is C24H27NO3. The van der Waals surface area contributed by atoms with Crippen LogP contribution >= 0.6 is 0 Å². The molecule has 0 fully saturated rings. The van der Waals surface area contributed by atoms with Crippen LogP contribution in [0.25, 0.3) is 27.7 Å². The molecule has 146 valence electrons. The van der Waals surface area contributed by atoms with Crippen LogP contribution in [0.1, 0.15) is 38.8 Å². The third-order valence-corrected chi connectivity index (χ3v) is 4.54. The fraction of sp³-hybridized carbons (Fsp3) is 0.292. The molecule has 1 amide bonds. The number of hydrogen-bond acceptors (Lipinski definition) is 3. The lowest BCUT2D eigenvalue weighted by Gasteiger charge is -2.12. The van der Waals surface area contributed by atoms with E-state index in [9.17, 15) is 4.79 Å². The highest BCUT2D eigenvalue weighted by molar-refractivity contribution is 6.00. The molecule has 0 saturated heterocycles. The first kappa shape index (κ1) is 19.7. The summed E-state index contributed by atoms with van der Waals surface area (Å²) in [6.45, 7) is 10.4. The van der Waals surface area contributed by atoms with Crippen molar-refractivity contribution in [1.29, 1.82) is 0 Å². The van der Waals surface area contributed by atoms with Gasteiger partial charge in [0, 0.05) is 34.7 Å². The van der Waals surface area contributed by atoms with E-state index >= 15 is 0 Å². The molecule has 1 heterocycles. The van der Waals surface area contributed by atoms with E-state index in [4.69, 9.17) is 9.15 Å². The number of furan rings is 1. The number of allylic oxidation sites excluding steroid dienone is 1. The fourth-order valence-corrected chi connectivity index (χ4v) is 3.20. The Hall–Kier alpha value is -3.01. The number of rotatable bonds is 6. The van der Waals surface area contributed by atoms with E-state index in [0.717, 1.165) is 33.2 Å². The normalized spacial score (nSPS) is 11.9. The Balaban J connectivity index is 2.10. The maximum absolute atomic E-state index is 12.2. The minimum Gasteiger partial charge on any atom is -0.493 e. The fourth-order valence-electron chi connectivity index (χ4n) is 3.20. The summed E-state index contributed by atoms with van der Waals surface area (Å²) in [7, 11) is 0. The third-order valence-electron chi connectivity index (χ3n) is 4.54. The third kappa shape index (κ3) is 4.28. The van der Waals surface area contributed by atoms with Crippen LogP contribution < -0.4 is 10.1 Å². The summed E-state index contributed by atoms with van der Waals surface area (Å²) >= 11 is 0. The largest absolute Gasteiger partial charge is 0.493 e. The van der Waals surface area contributed by atoms with Crippen molar-refractivity contribution >= 4 is 22.4 Å². The number of nitrogens with one attached hydrogen (secondary N) is 1. The summed E-state index contributed by atoms with van der Waals surface area (Å²) in [5.74, 6) is 0.604. The lowest BCUT2D eigenvalue weighted by atomic mass is 9.98. The van der Waals surface area contributed by atoms with E-state index in [1.807, 2.05) is 39.8 Å². The first-order valence-corrected chi connectivity index (χ1v) is 9.63. The maximum Gasteiger partial charge on any atom is 0.244 e. The molecule has 1 aromatic heterocycles. The molecule has 3 aromatic rings. The van der Waals surface area contributed by atoms with Gasteiger partial charge in [0.2, 0.25) is 5.91 Å². The zero-order chi connectivity index (χ0) is 20.3. The lowest BCUT2D eigenvalue weighted by Crippen LogP contribution is -2.28. The molecule has 0 bridgehead atoms. The van der Waals surface area contributed by atoms with Crippen molar-refractivity contribution in [3.05, 3.63) is 59.9 Å². The molecule has 0 radical (unpaired) electrons. The van der Waals surface area contributed by atoms with Crippen molar-refractivity contribution in [1.82, 2.24) is 5.32 Å². The minimum absolute atomic E-state index is 0.0902. The van der Waals surface area contributed by atoms with Gasteiger partial charge in [0.25, 0.3) is 0 Å². The molecule has 2 aromatic carbocycles. The Morgan fingerprint density at radius 2 is 1.93 bits per heavy atom. The van der Waals surface area contributed by atoms with Crippen LogP contribution in [0.3, 0.4) is 0 Å². The average Bonchev–Trinajstić information content (AvgIpc) is 3.04. The standard InChI is InChI=1S/C24H27NO3/c1-6-27-22-13-23-20(12-19(22)17(5)11-24(26)25-15(2)3)21(14-28-23)18-9-7-16(4)8-10-18/h7-15H,6H2,1-5H3,(H,25,26)/b17-11+. The van der Waals surface area contributed by atoms with Gasteiger partial charge in [0.05, 0.1) is 12.9 Å². The number of amides is 1. The predicted octanol–water partition coefficient (Wildman–Crippen LogP) is 5.73. The molecule has 0 spiro atoms. The highest BCUT2D eigenvalue weighted by Crippen LogP contribution is 2.37. The van der Waals surface area contributed by atoms with Gasteiger partial charge in [-0.05, 0) is 51.8 Å². The van der Waals surface area contributed by atoms with Gasteiger partial charge in [-0.2, -0.15) is 0 Å². The number of aryl methyl sites for hydroxylation is 1. The monoisotopic (exact) mass is 377 g/mol. The molecule has 0 aliphatic heterocycles. The smallest absolute Gasteiger partial charge is 0.244 e. The topological polar surface area (TPSA) is 51.5 Å². The van der Waals surface area contributed by atoms with Crippen LogP contribution in [-0.4, -0.2) is 18.6 Å². The van der Waals surface area contributed by atoms with Gasteiger partial charge in [-0.3, -0.25) is 4.79 Å². The van der Waals surface area contributed by atoms with Crippen LogP contribution in [0.5, 0.6) is 5.75 Å². The van der Waals surface area contributed by atoms with Crippen molar-refractivity contribution < 1.29 is 13.9 Å². The Labute approximate surface area is 166 Å². The molecule has 4 nitrogen and oxygen atoms in total. The predicted molar refractivity (Wildman–Crippen MR) is 114 cm³/mol. The van der Waals surface area contributed by atoms with E-state index in [2.05, 4.69) is 36.5 Å². The van der Waals surface area contributed by atoms with Crippen molar-refractivity contribution in [3.8, 4) is 16.9 Å². The molecular weight excluding hydrogens is 350 g/mol. The van der Waals surface area contributed by atoms with Gasteiger partial charge in [0.15, 0.2) is 0 Å². The Bertz CT molecular complexity index is 1010. The van der Waals surface area contributed by atoms with Crippen molar-refractivity contribution in [3.63, 3.8) is 0 Å². The maximum atomic E-state index is 12.2. The van der Waals surface area contributed by atoms with Crippen LogP contribution in [-0.2, 0) is 4.79 Å². The second kappa shape index (κ2) is 8.34. The number of ether oxygens (including phenoxy) is 1. The Morgan fingerprint density at radius 1 is 1.21 bits per heavy atom. The summed E-state index contributed by atoms with van der Waals surface area (Å²) < 4.78 is 11.6. The highest BCUT2D eigenvalue weighted by Gasteiger charge is 2.15. The molecule has 0 unspecified atom stereocenters. The van der Waals surface area contributed by atoms with E-state index in [0.29, 0.717) is 12.4 Å². The highest BCUT2D eigenvalue weighted by atomic mass is 16.5. The van der Waals surface area contributed by atoms with Crippen molar-refractivity contribution in [2.45, 2.75) is 40.7 Å². The van der Waals surface area contributed by atoms with Crippen LogP contribution in [0.2, 0.25) is 0 Å². The quantitative estimate of drug-likeness (QED) is 0.558. The number of hydrogen-bond donors (Lipinski definition) is 1. The Morgan fingerprint density at radius 3 is 2.57 bits per heavy atom. The number of carbonyl (C=O) groups excluding carboxylic acids is 1. The van der Waals surface area contributed by atoms with Crippen LogP contribution in [0, 0.1) is 6.92 Å². The Kier molecular flexibility index (Phi) is 5.88. The molecule has 0 saturated carbocycles. The van der Waals surface area contributed by atoms with Gasteiger partial charge in [0.1, 0.15) is 11.3 Å². The van der Waals surface area contributed by atoms with E-state index in [-0.39, 0.29) is 11.9 Å². The summed E-state index contributed by atoms with van der Waals surface area (Å²) in [6, 6.07) is 12.4. The molecule has 3 rings (SSSR count). The van der Waals surface area contributed by atoms with E-state index in [1.165, 1.54) is 5.56 Å². The van der Waals surface area contributed by atoms with E-state index in [1.54, 1.807) is 12.3 Å². The van der Waals surface area contributed by atoms with Gasteiger partial charge in [-0.1, -0.05) is 29.8 Å². The van der Waals surface area contributed by atoms with Crippen molar-refractivity contribution in [2.75, 3.05) is 6.61 Å². The van der Waals surface area contributed by atoms with Gasteiger partial charge < -0.3 is 14.5 Å².